The van der Waals surface area contributed by atoms with Crippen LogP contribution in [0.2, 0.25) is 0 Å². The average Bonchev–Trinajstić information content (AvgIpc) is 3.26. The summed E-state index contributed by atoms with van der Waals surface area (Å²) in [6.07, 6.45) is 4.40. The van der Waals surface area contributed by atoms with Crippen molar-refractivity contribution in [3.05, 3.63) is 59.1 Å². The second kappa shape index (κ2) is 7.04. The Kier molecular flexibility index (Phi) is 4.83. The van der Waals surface area contributed by atoms with E-state index in [2.05, 4.69) is 0 Å². The maximum Gasteiger partial charge on any atom is 0.338 e. The number of carbonyl (C=O) groups is 2. The molecule has 1 aliphatic carbocycles. The maximum absolute atomic E-state index is 14.0. The van der Waals surface area contributed by atoms with Gasteiger partial charge in [0.15, 0.2) is 5.76 Å². The Morgan fingerprint density at radius 2 is 1.92 bits per heavy atom. The third kappa shape index (κ3) is 3.70. The highest BCUT2D eigenvalue weighted by atomic mass is 19.1. The van der Waals surface area contributed by atoms with E-state index in [9.17, 15) is 18.4 Å². The highest BCUT2D eigenvalue weighted by Crippen LogP contribution is 2.27. The Morgan fingerprint density at radius 3 is 2.56 bits per heavy atom. The molecule has 1 amide bonds. The number of rotatable bonds is 5. The first-order valence-corrected chi connectivity index (χ1v) is 8.02. The largest absolute Gasteiger partial charge is 0.478 e. The number of hydrogen-bond donors (Lipinski definition) is 1. The lowest BCUT2D eigenvalue weighted by atomic mass is 10.1. The summed E-state index contributed by atoms with van der Waals surface area (Å²) in [5.41, 5.74) is -0.0584. The molecule has 1 aromatic carbocycles. The molecule has 1 aromatic heterocycles. The molecule has 0 aliphatic heterocycles. The number of nitrogens with zero attached hydrogens (tertiary/aromatic N) is 1. The lowest BCUT2D eigenvalue weighted by Crippen LogP contribution is -2.38. The zero-order valence-corrected chi connectivity index (χ0v) is 13.4. The van der Waals surface area contributed by atoms with Gasteiger partial charge in [-0.05, 0) is 31.0 Å². The van der Waals surface area contributed by atoms with Gasteiger partial charge in [0.05, 0.1) is 5.56 Å². The van der Waals surface area contributed by atoms with Gasteiger partial charge in [-0.15, -0.1) is 0 Å². The van der Waals surface area contributed by atoms with E-state index in [1.165, 1.54) is 4.90 Å². The smallest absolute Gasteiger partial charge is 0.338 e. The normalized spacial score (nSPS) is 14.6. The molecule has 1 N–H and O–H groups in total. The van der Waals surface area contributed by atoms with E-state index in [1.807, 2.05) is 0 Å². The fourth-order valence-corrected chi connectivity index (χ4v) is 3.13. The SMILES string of the molecule is O=C(O)c1coc(C(=O)N(Cc2cc(F)ccc2F)C2CCCC2)c1. The number of carboxylic acids is 1. The minimum absolute atomic E-state index is 0.0743. The van der Waals surface area contributed by atoms with E-state index < -0.39 is 23.5 Å². The van der Waals surface area contributed by atoms with Gasteiger partial charge >= 0.3 is 5.97 Å². The summed E-state index contributed by atoms with van der Waals surface area (Å²) in [7, 11) is 0. The highest BCUT2D eigenvalue weighted by molar-refractivity contribution is 5.95. The lowest BCUT2D eigenvalue weighted by molar-refractivity contribution is 0.0628. The predicted octanol–water partition coefficient (Wildman–Crippen LogP) is 3.84. The molecule has 7 heteroatoms. The molecule has 3 rings (SSSR count). The van der Waals surface area contributed by atoms with E-state index >= 15 is 0 Å². The van der Waals surface area contributed by atoms with Crippen molar-refractivity contribution in [2.75, 3.05) is 0 Å². The zero-order valence-electron chi connectivity index (χ0n) is 13.4. The molecule has 1 fully saturated rings. The van der Waals surface area contributed by atoms with E-state index in [0.29, 0.717) is 0 Å². The fourth-order valence-electron chi connectivity index (χ4n) is 3.13. The summed E-state index contributed by atoms with van der Waals surface area (Å²) < 4.78 is 32.5. The van der Waals surface area contributed by atoms with Crippen LogP contribution in [0, 0.1) is 11.6 Å². The quantitative estimate of drug-likeness (QED) is 0.890. The van der Waals surface area contributed by atoms with E-state index in [1.54, 1.807) is 0 Å². The van der Waals surface area contributed by atoms with Crippen molar-refractivity contribution in [2.24, 2.45) is 0 Å². The zero-order chi connectivity index (χ0) is 18.0. The third-order valence-corrected chi connectivity index (χ3v) is 4.43. The first-order chi connectivity index (χ1) is 12.0. The Morgan fingerprint density at radius 1 is 1.20 bits per heavy atom. The van der Waals surface area contributed by atoms with Gasteiger partial charge in [0, 0.05) is 24.2 Å². The molecule has 0 bridgehead atoms. The van der Waals surface area contributed by atoms with Crippen LogP contribution in [0.4, 0.5) is 8.78 Å². The third-order valence-electron chi connectivity index (χ3n) is 4.43. The van der Waals surface area contributed by atoms with Gasteiger partial charge in [-0.2, -0.15) is 0 Å². The standard InChI is InChI=1S/C18H17F2NO4/c19-13-5-6-15(20)11(7-13)9-21(14-3-1-2-4-14)17(22)16-8-12(10-25-16)18(23)24/h5-8,10,14H,1-4,9H2,(H,23,24). The van der Waals surface area contributed by atoms with E-state index in [-0.39, 0.29) is 29.5 Å². The number of benzene rings is 1. The topological polar surface area (TPSA) is 70.7 Å². The molecule has 1 aliphatic rings. The second-order valence-electron chi connectivity index (χ2n) is 6.11. The molecule has 0 radical (unpaired) electrons. The predicted molar refractivity (Wildman–Crippen MR) is 84.2 cm³/mol. The average molecular weight is 349 g/mol. The molecule has 1 saturated carbocycles. The van der Waals surface area contributed by atoms with Gasteiger partial charge < -0.3 is 14.4 Å². The van der Waals surface area contributed by atoms with Crippen LogP contribution in [0.5, 0.6) is 0 Å². The van der Waals surface area contributed by atoms with Gasteiger partial charge in [0.1, 0.15) is 17.9 Å². The molecule has 0 spiro atoms. The van der Waals surface area contributed by atoms with Crippen molar-refractivity contribution in [3.63, 3.8) is 0 Å². The van der Waals surface area contributed by atoms with Gasteiger partial charge in [-0.3, -0.25) is 4.79 Å². The summed E-state index contributed by atoms with van der Waals surface area (Å²) in [5, 5.41) is 8.96. The fraction of sp³-hybridized carbons (Fsp3) is 0.333. The summed E-state index contributed by atoms with van der Waals surface area (Å²) in [6, 6.07) is 4.14. The Labute approximate surface area is 142 Å². The van der Waals surface area contributed by atoms with Crippen LogP contribution in [0.3, 0.4) is 0 Å². The van der Waals surface area contributed by atoms with Crippen LogP contribution in [-0.4, -0.2) is 27.9 Å². The number of halogens is 2. The van der Waals surface area contributed by atoms with Crippen LogP contribution in [-0.2, 0) is 6.54 Å². The first kappa shape index (κ1) is 17.1. The van der Waals surface area contributed by atoms with Crippen LogP contribution >= 0.6 is 0 Å². The van der Waals surface area contributed by atoms with Crippen molar-refractivity contribution in [1.29, 1.82) is 0 Å². The minimum Gasteiger partial charge on any atom is -0.478 e. The van der Waals surface area contributed by atoms with Gasteiger partial charge in [-0.1, -0.05) is 12.8 Å². The van der Waals surface area contributed by atoms with Crippen molar-refractivity contribution in [2.45, 2.75) is 38.3 Å². The monoisotopic (exact) mass is 349 g/mol. The highest BCUT2D eigenvalue weighted by Gasteiger charge is 2.30. The molecule has 132 valence electrons. The van der Waals surface area contributed by atoms with Crippen LogP contribution in [0.15, 0.2) is 34.9 Å². The summed E-state index contributed by atoms with van der Waals surface area (Å²) >= 11 is 0. The summed E-state index contributed by atoms with van der Waals surface area (Å²) in [4.78, 5) is 25.2. The van der Waals surface area contributed by atoms with Crippen molar-refractivity contribution < 1.29 is 27.9 Å². The number of aromatic carboxylic acids is 1. The molecule has 0 saturated heterocycles. The van der Waals surface area contributed by atoms with Crippen LogP contribution < -0.4 is 0 Å². The van der Waals surface area contributed by atoms with Crippen LogP contribution in [0.1, 0.15) is 52.2 Å². The number of amides is 1. The molecule has 5 nitrogen and oxygen atoms in total. The van der Waals surface area contributed by atoms with Gasteiger partial charge in [-0.25, -0.2) is 13.6 Å². The Balaban J connectivity index is 1.89. The molecule has 1 heterocycles. The molecule has 0 unspecified atom stereocenters. The van der Waals surface area contributed by atoms with Crippen molar-refractivity contribution in [3.8, 4) is 0 Å². The number of carbonyl (C=O) groups excluding carboxylic acids is 1. The Hall–Kier alpha value is -2.70. The molecular formula is C18H17F2NO4. The number of hydrogen-bond acceptors (Lipinski definition) is 3. The lowest BCUT2D eigenvalue weighted by Gasteiger charge is -2.28. The van der Waals surface area contributed by atoms with Crippen molar-refractivity contribution in [1.82, 2.24) is 4.90 Å². The molecular weight excluding hydrogens is 332 g/mol. The van der Waals surface area contributed by atoms with Gasteiger partial charge in [0.2, 0.25) is 0 Å². The minimum atomic E-state index is -1.20. The second-order valence-corrected chi connectivity index (χ2v) is 6.11. The van der Waals surface area contributed by atoms with Gasteiger partial charge in [0.25, 0.3) is 5.91 Å². The first-order valence-electron chi connectivity index (χ1n) is 8.02. The number of carboxylic acid groups (broad SMARTS) is 1. The van der Waals surface area contributed by atoms with Crippen molar-refractivity contribution >= 4 is 11.9 Å². The molecule has 25 heavy (non-hydrogen) atoms. The van der Waals surface area contributed by atoms with Crippen LogP contribution in [0.25, 0.3) is 0 Å². The van der Waals surface area contributed by atoms with E-state index in [0.717, 1.165) is 56.2 Å². The number of furan rings is 1. The molecule has 2 aromatic rings. The Bertz CT molecular complexity index is 796. The maximum atomic E-state index is 14.0. The molecule has 0 atom stereocenters. The summed E-state index contributed by atoms with van der Waals surface area (Å²) in [5.74, 6) is -3.03. The van der Waals surface area contributed by atoms with E-state index in [4.69, 9.17) is 9.52 Å². The summed E-state index contributed by atoms with van der Waals surface area (Å²) in [6.45, 7) is -0.101.